The maximum atomic E-state index is 12.9. The number of hydrazine groups is 1. The van der Waals surface area contributed by atoms with Crippen LogP contribution in [0.2, 0.25) is 0 Å². The molecule has 7 nitrogen and oxygen atoms in total. The third kappa shape index (κ3) is 9.24. The molecule has 0 aromatic heterocycles. The zero-order valence-corrected chi connectivity index (χ0v) is 18.7. The molecular weight excluding hydrogens is 358 g/mol. The highest BCUT2D eigenvalue weighted by molar-refractivity contribution is 5.81. The molecule has 1 heterocycles. The first-order chi connectivity index (χ1) is 13.0. The first kappa shape index (κ1) is 24.7. The fourth-order valence-corrected chi connectivity index (χ4v) is 3.29. The predicted octanol–water partition coefficient (Wildman–Crippen LogP) is 3.17. The van der Waals surface area contributed by atoms with Crippen LogP contribution in [0.4, 0.5) is 4.79 Å². The molecule has 164 valence electrons. The van der Waals surface area contributed by atoms with Gasteiger partial charge in [-0.15, -0.1) is 0 Å². The zero-order valence-electron chi connectivity index (χ0n) is 18.7. The number of aliphatic hydroxyl groups excluding tert-OH is 1. The summed E-state index contributed by atoms with van der Waals surface area (Å²) in [6.07, 6.45) is 3.50. The second-order valence-corrected chi connectivity index (χ2v) is 9.16. The summed E-state index contributed by atoms with van der Waals surface area (Å²) >= 11 is 0. The Balaban J connectivity index is 2.80. The lowest BCUT2D eigenvalue weighted by molar-refractivity contribution is -0.132. The molecule has 1 aliphatic heterocycles. The minimum absolute atomic E-state index is 0.0591. The van der Waals surface area contributed by atoms with E-state index in [4.69, 9.17) is 4.74 Å². The maximum Gasteiger partial charge on any atom is 0.429 e. The van der Waals surface area contributed by atoms with E-state index in [2.05, 4.69) is 10.3 Å². The average molecular weight is 400 g/mol. The van der Waals surface area contributed by atoms with E-state index in [9.17, 15) is 14.7 Å². The summed E-state index contributed by atoms with van der Waals surface area (Å²) in [5.41, 5.74) is 2.13. The molecule has 0 radical (unpaired) electrons. The van der Waals surface area contributed by atoms with Gasteiger partial charge < -0.3 is 14.7 Å². The normalized spacial score (nSPS) is 17.9. The molecule has 1 rings (SSSR count). The SMILES string of the molecule is CC[C@H](O)C[C@H](C(=O)NN(CCN1CCCCC1)C(=O)OC(C)(C)C)C(C)C. The number of carbonyl (C=O) groups excluding carboxylic acids is 2. The molecule has 2 amide bonds. The van der Waals surface area contributed by atoms with Crippen molar-refractivity contribution in [1.82, 2.24) is 15.3 Å². The molecule has 2 atom stereocenters. The Morgan fingerprint density at radius 2 is 1.79 bits per heavy atom. The number of nitrogens with one attached hydrogen (secondary N) is 1. The quantitative estimate of drug-likeness (QED) is 0.613. The van der Waals surface area contributed by atoms with Gasteiger partial charge in [0.05, 0.1) is 12.6 Å². The van der Waals surface area contributed by atoms with E-state index in [0.29, 0.717) is 25.9 Å². The second kappa shape index (κ2) is 11.6. The Kier molecular flexibility index (Phi) is 10.2. The van der Waals surface area contributed by atoms with Crippen LogP contribution in [-0.2, 0) is 9.53 Å². The van der Waals surface area contributed by atoms with Crippen molar-refractivity contribution >= 4 is 12.0 Å². The van der Waals surface area contributed by atoms with Crippen molar-refractivity contribution in [1.29, 1.82) is 0 Å². The summed E-state index contributed by atoms with van der Waals surface area (Å²) in [4.78, 5) is 27.9. The number of rotatable bonds is 8. The summed E-state index contributed by atoms with van der Waals surface area (Å²) in [5.74, 6) is -0.550. The van der Waals surface area contributed by atoms with Gasteiger partial charge in [0.15, 0.2) is 0 Å². The molecule has 2 N–H and O–H groups in total. The minimum Gasteiger partial charge on any atom is -0.442 e. The van der Waals surface area contributed by atoms with Gasteiger partial charge in [0.2, 0.25) is 5.91 Å². The smallest absolute Gasteiger partial charge is 0.429 e. The highest BCUT2D eigenvalue weighted by Crippen LogP contribution is 2.19. The fraction of sp³-hybridized carbons (Fsp3) is 0.905. The summed E-state index contributed by atoms with van der Waals surface area (Å²) < 4.78 is 5.49. The number of hydrogen-bond donors (Lipinski definition) is 2. The summed E-state index contributed by atoms with van der Waals surface area (Å²) in [6, 6.07) is 0. The topological polar surface area (TPSA) is 82.1 Å². The van der Waals surface area contributed by atoms with Crippen molar-refractivity contribution in [3.63, 3.8) is 0 Å². The number of likely N-dealkylation sites (tertiary alicyclic amines) is 1. The Morgan fingerprint density at radius 3 is 2.29 bits per heavy atom. The van der Waals surface area contributed by atoms with Crippen LogP contribution in [-0.4, -0.2) is 64.9 Å². The molecule has 0 aromatic rings. The lowest BCUT2D eigenvalue weighted by atomic mass is 9.89. The van der Waals surface area contributed by atoms with Crippen LogP contribution in [0.5, 0.6) is 0 Å². The van der Waals surface area contributed by atoms with Crippen LogP contribution < -0.4 is 5.43 Å². The first-order valence-electron chi connectivity index (χ1n) is 10.7. The Bertz CT molecular complexity index is 485. The van der Waals surface area contributed by atoms with E-state index in [-0.39, 0.29) is 17.7 Å². The fourth-order valence-electron chi connectivity index (χ4n) is 3.29. The number of aliphatic hydroxyl groups is 1. The van der Waals surface area contributed by atoms with Crippen LogP contribution in [0.15, 0.2) is 0 Å². The number of piperidine rings is 1. The molecule has 0 spiro atoms. The molecule has 0 aliphatic carbocycles. The summed E-state index contributed by atoms with van der Waals surface area (Å²) in [5, 5.41) is 11.3. The predicted molar refractivity (Wildman–Crippen MR) is 111 cm³/mol. The number of carbonyl (C=O) groups is 2. The Hall–Kier alpha value is -1.34. The van der Waals surface area contributed by atoms with Crippen molar-refractivity contribution < 1.29 is 19.4 Å². The van der Waals surface area contributed by atoms with Gasteiger partial charge in [0.1, 0.15) is 5.60 Å². The van der Waals surface area contributed by atoms with E-state index < -0.39 is 17.8 Å². The van der Waals surface area contributed by atoms with Gasteiger partial charge in [-0.25, -0.2) is 9.80 Å². The third-order valence-electron chi connectivity index (χ3n) is 5.09. The lowest BCUT2D eigenvalue weighted by Crippen LogP contribution is -2.53. The molecular formula is C21H41N3O4. The molecule has 0 bridgehead atoms. The van der Waals surface area contributed by atoms with E-state index in [0.717, 1.165) is 13.1 Å². The van der Waals surface area contributed by atoms with Gasteiger partial charge in [0, 0.05) is 12.5 Å². The maximum absolute atomic E-state index is 12.9. The molecule has 1 fully saturated rings. The van der Waals surface area contributed by atoms with E-state index >= 15 is 0 Å². The van der Waals surface area contributed by atoms with Crippen molar-refractivity contribution in [3.8, 4) is 0 Å². The van der Waals surface area contributed by atoms with Gasteiger partial charge in [0.25, 0.3) is 0 Å². The highest BCUT2D eigenvalue weighted by Gasteiger charge is 2.29. The second-order valence-electron chi connectivity index (χ2n) is 9.16. The Labute approximate surface area is 170 Å². The number of nitrogens with zero attached hydrogens (tertiary/aromatic N) is 2. The molecule has 0 aromatic carbocycles. The number of ether oxygens (including phenoxy) is 1. The monoisotopic (exact) mass is 399 g/mol. The lowest BCUT2D eigenvalue weighted by Gasteiger charge is -2.32. The van der Waals surface area contributed by atoms with Gasteiger partial charge in [-0.1, -0.05) is 27.2 Å². The van der Waals surface area contributed by atoms with E-state index in [1.165, 1.54) is 24.3 Å². The third-order valence-corrected chi connectivity index (χ3v) is 5.09. The summed E-state index contributed by atoms with van der Waals surface area (Å²) in [7, 11) is 0. The standard InChI is InChI=1S/C21H41N3O4/c1-7-17(25)15-18(16(2)3)19(26)22-24(20(27)28-21(4,5)6)14-13-23-11-9-8-10-12-23/h16-18,25H,7-15H2,1-6H3,(H,22,26)/t17-,18-/m0/s1. The largest absolute Gasteiger partial charge is 0.442 e. The van der Waals surface area contributed by atoms with Crippen LogP contribution in [0.1, 0.15) is 73.6 Å². The van der Waals surface area contributed by atoms with Crippen molar-refractivity contribution in [2.75, 3.05) is 26.2 Å². The van der Waals surface area contributed by atoms with Crippen LogP contribution in [0, 0.1) is 11.8 Å². The molecule has 7 heteroatoms. The van der Waals surface area contributed by atoms with Crippen LogP contribution in [0.3, 0.4) is 0 Å². The summed E-state index contributed by atoms with van der Waals surface area (Å²) in [6.45, 7) is 14.4. The van der Waals surface area contributed by atoms with E-state index in [1.807, 2.05) is 41.5 Å². The molecule has 0 unspecified atom stereocenters. The first-order valence-corrected chi connectivity index (χ1v) is 10.7. The minimum atomic E-state index is -0.638. The Morgan fingerprint density at radius 1 is 1.18 bits per heavy atom. The zero-order chi connectivity index (χ0) is 21.3. The molecule has 1 saturated heterocycles. The van der Waals surface area contributed by atoms with Gasteiger partial charge in [-0.05, 0) is 65.5 Å². The van der Waals surface area contributed by atoms with Gasteiger partial charge >= 0.3 is 6.09 Å². The number of amides is 2. The number of hydrogen-bond acceptors (Lipinski definition) is 5. The molecule has 0 saturated carbocycles. The molecule has 1 aliphatic rings. The van der Waals surface area contributed by atoms with Crippen LogP contribution >= 0.6 is 0 Å². The average Bonchev–Trinajstić information content (AvgIpc) is 2.61. The van der Waals surface area contributed by atoms with Crippen molar-refractivity contribution in [2.24, 2.45) is 11.8 Å². The van der Waals surface area contributed by atoms with Crippen molar-refractivity contribution in [2.45, 2.75) is 85.4 Å². The van der Waals surface area contributed by atoms with Gasteiger partial charge in [-0.3, -0.25) is 10.2 Å². The van der Waals surface area contributed by atoms with Crippen LogP contribution in [0.25, 0.3) is 0 Å². The van der Waals surface area contributed by atoms with E-state index in [1.54, 1.807) is 0 Å². The van der Waals surface area contributed by atoms with Gasteiger partial charge in [-0.2, -0.15) is 0 Å². The highest BCUT2D eigenvalue weighted by atomic mass is 16.6. The van der Waals surface area contributed by atoms with Crippen molar-refractivity contribution in [3.05, 3.63) is 0 Å². The molecule has 28 heavy (non-hydrogen) atoms.